The highest BCUT2D eigenvalue weighted by Gasteiger charge is 2.48. The van der Waals surface area contributed by atoms with Gasteiger partial charge in [0.25, 0.3) is 9.84 Å². The maximum atomic E-state index is 13.2. The van der Waals surface area contributed by atoms with E-state index in [2.05, 4.69) is 20.5 Å². The highest BCUT2D eigenvalue weighted by Crippen LogP contribution is 2.35. The summed E-state index contributed by atoms with van der Waals surface area (Å²) in [6.45, 7) is 1.52. The van der Waals surface area contributed by atoms with Crippen LogP contribution in [0.1, 0.15) is 18.8 Å². The first-order valence-electron chi connectivity index (χ1n) is 5.85. The van der Waals surface area contributed by atoms with E-state index in [9.17, 15) is 26.0 Å². The topological polar surface area (TPSA) is 87.7 Å². The van der Waals surface area contributed by atoms with E-state index in [1.807, 2.05) is 0 Å². The summed E-state index contributed by atoms with van der Waals surface area (Å²) < 4.78 is 74.3. The van der Waals surface area contributed by atoms with Gasteiger partial charge in [-0.15, -0.1) is 0 Å². The summed E-state index contributed by atoms with van der Waals surface area (Å²) in [7, 11) is -5.69. The first kappa shape index (κ1) is 16.2. The molecule has 1 aromatic carbocycles. The van der Waals surface area contributed by atoms with Crippen LogP contribution < -0.4 is 5.32 Å². The fraction of sp³-hybridized carbons (Fsp3) is 0.273. The summed E-state index contributed by atoms with van der Waals surface area (Å²) in [5, 5.41) is 8.60. The Morgan fingerprint density at radius 2 is 2.00 bits per heavy atom. The highest BCUT2D eigenvalue weighted by atomic mass is 32.2. The minimum Gasteiger partial charge on any atom is -0.374 e. The third-order valence-electron chi connectivity index (χ3n) is 2.75. The fourth-order valence-corrected chi connectivity index (χ4v) is 2.62. The number of benzene rings is 1. The van der Waals surface area contributed by atoms with Gasteiger partial charge in [-0.2, -0.15) is 18.3 Å². The molecular weight excluding hydrogens is 328 g/mol. The van der Waals surface area contributed by atoms with Gasteiger partial charge >= 0.3 is 5.51 Å². The third-order valence-corrected chi connectivity index (χ3v) is 4.28. The molecule has 1 aromatic heterocycles. The van der Waals surface area contributed by atoms with Crippen LogP contribution in [0.15, 0.2) is 29.4 Å². The Bertz CT molecular complexity index is 759. The average molecular weight is 338 g/mol. The zero-order chi connectivity index (χ0) is 16.5. The Kier molecular flexibility index (Phi) is 4.09. The number of hydrogen-bond donors (Lipinski definition) is 2. The lowest BCUT2D eigenvalue weighted by Gasteiger charge is -2.17. The Morgan fingerprint density at radius 3 is 2.55 bits per heavy atom. The van der Waals surface area contributed by atoms with E-state index < -0.39 is 32.1 Å². The van der Waals surface area contributed by atoms with E-state index in [4.69, 9.17) is 0 Å². The smallest absolute Gasteiger partial charge is 0.374 e. The van der Waals surface area contributed by atoms with Gasteiger partial charge in [0.15, 0.2) is 0 Å². The Labute approximate surface area is 122 Å². The van der Waals surface area contributed by atoms with E-state index >= 15 is 0 Å². The van der Waals surface area contributed by atoms with Gasteiger partial charge in [-0.1, -0.05) is 0 Å². The van der Waals surface area contributed by atoms with Gasteiger partial charge in [-0.25, -0.2) is 17.8 Å². The van der Waals surface area contributed by atoms with E-state index in [1.165, 1.54) is 13.3 Å². The number of aromatic nitrogens is 3. The van der Waals surface area contributed by atoms with Crippen LogP contribution in [0, 0.1) is 5.82 Å². The molecule has 0 saturated carbocycles. The molecule has 0 aliphatic rings. The predicted octanol–water partition coefficient (Wildman–Crippen LogP) is 2.41. The van der Waals surface area contributed by atoms with Crippen molar-refractivity contribution in [2.75, 3.05) is 5.32 Å². The molecule has 22 heavy (non-hydrogen) atoms. The minimum absolute atomic E-state index is 0.277. The predicted molar refractivity (Wildman–Crippen MR) is 68.1 cm³/mol. The molecule has 0 radical (unpaired) electrons. The number of H-pyrrole nitrogens is 1. The zero-order valence-electron chi connectivity index (χ0n) is 11.0. The summed E-state index contributed by atoms with van der Waals surface area (Å²) in [4.78, 5) is 2.61. The Morgan fingerprint density at radius 1 is 1.32 bits per heavy atom. The van der Waals surface area contributed by atoms with E-state index in [1.54, 1.807) is 0 Å². The van der Waals surface area contributed by atoms with Crippen molar-refractivity contribution in [3.63, 3.8) is 0 Å². The lowest BCUT2D eigenvalue weighted by Crippen LogP contribution is -2.25. The number of alkyl halides is 3. The van der Waals surface area contributed by atoms with Gasteiger partial charge in [0, 0.05) is 0 Å². The van der Waals surface area contributed by atoms with Crippen LogP contribution in [0.25, 0.3) is 0 Å². The average Bonchev–Trinajstić information content (AvgIpc) is 2.93. The SMILES string of the molecule is CC(Nc1ccc(F)cc1S(=O)(=O)C(F)(F)F)c1ncn[nH]1. The largest absolute Gasteiger partial charge is 0.501 e. The summed E-state index contributed by atoms with van der Waals surface area (Å²) in [5.74, 6) is -0.819. The number of anilines is 1. The Balaban J connectivity index is 2.45. The molecule has 0 bridgehead atoms. The molecule has 6 nitrogen and oxygen atoms in total. The molecule has 1 heterocycles. The van der Waals surface area contributed by atoms with Crippen LogP contribution in [0.3, 0.4) is 0 Å². The molecule has 11 heteroatoms. The molecule has 0 fully saturated rings. The van der Waals surface area contributed by atoms with E-state index in [0.717, 1.165) is 12.1 Å². The minimum atomic E-state index is -5.69. The van der Waals surface area contributed by atoms with Crippen LogP contribution in [0.2, 0.25) is 0 Å². The number of rotatable bonds is 4. The van der Waals surface area contributed by atoms with Crippen molar-refractivity contribution in [1.29, 1.82) is 0 Å². The van der Waals surface area contributed by atoms with Crippen molar-refractivity contribution in [3.05, 3.63) is 36.2 Å². The second kappa shape index (κ2) is 5.55. The van der Waals surface area contributed by atoms with Crippen LogP contribution >= 0.6 is 0 Å². The number of sulfone groups is 1. The first-order valence-corrected chi connectivity index (χ1v) is 7.34. The molecule has 2 rings (SSSR count). The molecule has 2 aromatic rings. The van der Waals surface area contributed by atoms with Gasteiger partial charge in [0.1, 0.15) is 22.9 Å². The summed E-state index contributed by atoms with van der Waals surface area (Å²) in [5.41, 5.74) is -5.92. The second-order valence-corrected chi connectivity index (χ2v) is 6.24. The quantitative estimate of drug-likeness (QED) is 0.836. The van der Waals surface area contributed by atoms with Gasteiger partial charge in [-0.3, -0.25) is 5.10 Å². The second-order valence-electron chi connectivity index (χ2n) is 4.33. The standard InChI is InChI=1S/C11H10F4N4O2S/c1-6(10-16-5-17-19-10)18-8-3-2-7(12)4-9(8)22(20,21)11(13,14)15/h2-6,18H,1H3,(H,16,17,19). The molecular formula is C11H10F4N4O2S. The molecule has 0 aliphatic carbocycles. The highest BCUT2D eigenvalue weighted by molar-refractivity contribution is 7.92. The fourth-order valence-electron chi connectivity index (χ4n) is 1.69. The van der Waals surface area contributed by atoms with Crippen LogP contribution in [0.4, 0.5) is 23.2 Å². The first-order chi connectivity index (χ1) is 10.1. The lowest BCUT2D eigenvalue weighted by atomic mass is 10.2. The molecule has 0 aliphatic heterocycles. The number of halogens is 4. The van der Waals surface area contributed by atoms with Crippen molar-refractivity contribution in [3.8, 4) is 0 Å². The zero-order valence-corrected chi connectivity index (χ0v) is 11.8. The lowest BCUT2D eigenvalue weighted by molar-refractivity contribution is -0.0435. The number of aromatic amines is 1. The Hall–Kier alpha value is -2.17. The maximum absolute atomic E-state index is 13.2. The van der Waals surface area contributed by atoms with Crippen LogP contribution in [-0.2, 0) is 9.84 Å². The van der Waals surface area contributed by atoms with Crippen molar-refractivity contribution in [2.24, 2.45) is 0 Å². The van der Waals surface area contributed by atoms with Gasteiger partial charge in [-0.05, 0) is 25.1 Å². The summed E-state index contributed by atoms with van der Waals surface area (Å²) >= 11 is 0. The molecule has 0 amide bonds. The van der Waals surface area contributed by atoms with Gasteiger partial charge < -0.3 is 5.32 Å². The summed E-state index contributed by atoms with van der Waals surface area (Å²) in [6.07, 6.45) is 1.19. The maximum Gasteiger partial charge on any atom is 0.501 e. The van der Waals surface area contributed by atoms with Crippen LogP contribution in [-0.4, -0.2) is 29.1 Å². The van der Waals surface area contributed by atoms with E-state index in [0.29, 0.717) is 6.07 Å². The summed E-state index contributed by atoms with van der Waals surface area (Å²) in [6, 6.07) is 1.42. The van der Waals surface area contributed by atoms with Crippen molar-refractivity contribution in [1.82, 2.24) is 15.2 Å². The molecule has 0 spiro atoms. The molecule has 1 atom stereocenters. The number of nitrogens with zero attached hydrogens (tertiary/aromatic N) is 2. The molecule has 0 saturated heterocycles. The van der Waals surface area contributed by atoms with Crippen molar-refractivity contribution < 1.29 is 26.0 Å². The van der Waals surface area contributed by atoms with Crippen molar-refractivity contribution in [2.45, 2.75) is 23.4 Å². The molecule has 2 N–H and O–H groups in total. The van der Waals surface area contributed by atoms with Crippen molar-refractivity contribution >= 4 is 15.5 Å². The number of nitrogens with one attached hydrogen (secondary N) is 2. The number of hydrogen-bond acceptors (Lipinski definition) is 5. The normalized spacial score (nSPS) is 13.9. The van der Waals surface area contributed by atoms with Gasteiger partial charge in [0.2, 0.25) is 0 Å². The molecule has 1 unspecified atom stereocenters. The van der Waals surface area contributed by atoms with E-state index in [-0.39, 0.29) is 11.5 Å². The van der Waals surface area contributed by atoms with Gasteiger partial charge in [0.05, 0.1) is 11.7 Å². The van der Waals surface area contributed by atoms with Crippen LogP contribution in [0.5, 0.6) is 0 Å². The molecule has 120 valence electrons. The third kappa shape index (κ3) is 3.03. The monoisotopic (exact) mass is 338 g/mol.